The third-order valence-corrected chi connectivity index (χ3v) is 4.09. The highest BCUT2D eigenvalue weighted by atomic mass is 16.6. The summed E-state index contributed by atoms with van der Waals surface area (Å²) in [5.41, 5.74) is 0.980. The smallest absolute Gasteiger partial charge is 0.270 e. The summed E-state index contributed by atoms with van der Waals surface area (Å²) in [7, 11) is 0. The van der Waals surface area contributed by atoms with Crippen LogP contribution in [0.15, 0.2) is 18.2 Å². The van der Waals surface area contributed by atoms with Crippen LogP contribution in [0.25, 0.3) is 0 Å². The Balaban J connectivity index is 2.33. The molecule has 2 rings (SSSR count). The van der Waals surface area contributed by atoms with Crippen LogP contribution in [0.3, 0.4) is 0 Å². The van der Waals surface area contributed by atoms with Gasteiger partial charge in [-0.25, -0.2) is 0 Å². The van der Waals surface area contributed by atoms with Crippen molar-refractivity contribution in [3.63, 3.8) is 0 Å². The van der Waals surface area contributed by atoms with Crippen molar-refractivity contribution in [2.24, 2.45) is 11.8 Å². The van der Waals surface area contributed by atoms with Gasteiger partial charge in [0.15, 0.2) is 0 Å². The van der Waals surface area contributed by atoms with E-state index in [1.54, 1.807) is 11.0 Å². The van der Waals surface area contributed by atoms with Gasteiger partial charge in [0.25, 0.3) is 11.6 Å². The van der Waals surface area contributed by atoms with Crippen molar-refractivity contribution >= 4 is 17.3 Å². The number of nitrogens with zero attached hydrogens (tertiary/aromatic N) is 2. The first kappa shape index (κ1) is 15.3. The number of carbonyl (C=O) groups is 1. The average Bonchev–Trinajstić information content (AvgIpc) is 2.78. The van der Waals surface area contributed by atoms with Crippen LogP contribution >= 0.6 is 0 Å². The van der Waals surface area contributed by atoms with E-state index in [9.17, 15) is 14.9 Å². The number of hydrogen-bond donors (Lipinski definition) is 1. The van der Waals surface area contributed by atoms with Crippen molar-refractivity contribution in [1.29, 1.82) is 0 Å². The number of carbonyl (C=O) groups excluding carboxylic acids is 1. The van der Waals surface area contributed by atoms with Gasteiger partial charge in [0, 0.05) is 37.5 Å². The molecule has 1 amide bonds. The Labute approximate surface area is 124 Å². The molecule has 1 heterocycles. The van der Waals surface area contributed by atoms with E-state index in [1.807, 2.05) is 6.92 Å². The summed E-state index contributed by atoms with van der Waals surface area (Å²) in [6.45, 7) is 8.23. The zero-order chi connectivity index (χ0) is 15.6. The van der Waals surface area contributed by atoms with Gasteiger partial charge < -0.3 is 10.2 Å². The molecule has 1 fully saturated rings. The Hall–Kier alpha value is -2.11. The largest absolute Gasteiger partial charge is 0.385 e. The molecule has 0 spiro atoms. The van der Waals surface area contributed by atoms with Gasteiger partial charge in [0.2, 0.25) is 0 Å². The topological polar surface area (TPSA) is 75.5 Å². The molecule has 1 aromatic carbocycles. The second-order valence-corrected chi connectivity index (χ2v) is 5.68. The first-order valence-electron chi connectivity index (χ1n) is 7.25. The molecule has 1 saturated heterocycles. The van der Waals surface area contributed by atoms with E-state index in [0.29, 0.717) is 42.7 Å². The molecule has 0 aromatic heterocycles. The molecule has 0 radical (unpaired) electrons. The molecule has 21 heavy (non-hydrogen) atoms. The third-order valence-electron chi connectivity index (χ3n) is 4.09. The zero-order valence-electron chi connectivity index (χ0n) is 12.6. The summed E-state index contributed by atoms with van der Waals surface area (Å²) in [6.07, 6.45) is 0. The number of anilines is 1. The predicted molar refractivity (Wildman–Crippen MR) is 81.5 cm³/mol. The number of likely N-dealkylation sites (tertiary alicyclic amines) is 1. The van der Waals surface area contributed by atoms with E-state index < -0.39 is 4.92 Å². The lowest BCUT2D eigenvalue weighted by molar-refractivity contribution is -0.384. The maximum absolute atomic E-state index is 12.7. The van der Waals surface area contributed by atoms with E-state index in [-0.39, 0.29) is 11.6 Å². The van der Waals surface area contributed by atoms with Gasteiger partial charge in [-0.1, -0.05) is 13.8 Å². The molecule has 0 bridgehead atoms. The maximum atomic E-state index is 12.7. The number of nitrogens with one attached hydrogen (secondary N) is 1. The van der Waals surface area contributed by atoms with Crippen molar-refractivity contribution in [1.82, 2.24) is 4.90 Å². The molecule has 2 atom stereocenters. The number of benzene rings is 1. The van der Waals surface area contributed by atoms with Crippen LogP contribution < -0.4 is 5.32 Å². The van der Waals surface area contributed by atoms with E-state index in [0.717, 1.165) is 0 Å². The van der Waals surface area contributed by atoms with Gasteiger partial charge in [-0.3, -0.25) is 14.9 Å². The highest BCUT2D eigenvalue weighted by molar-refractivity contribution is 6.00. The molecule has 2 unspecified atom stereocenters. The maximum Gasteiger partial charge on any atom is 0.270 e. The number of rotatable bonds is 4. The minimum atomic E-state index is -0.470. The molecule has 1 aliphatic heterocycles. The highest BCUT2D eigenvalue weighted by Gasteiger charge is 2.31. The van der Waals surface area contributed by atoms with Gasteiger partial charge in [-0.05, 0) is 24.8 Å². The van der Waals surface area contributed by atoms with Crippen LogP contribution in [0.2, 0.25) is 0 Å². The molecule has 1 N–H and O–H groups in total. The van der Waals surface area contributed by atoms with E-state index in [4.69, 9.17) is 0 Å². The molecule has 114 valence electrons. The van der Waals surface area contributed by atoms with Gasteiger partial charge >= 0.3 is 0 Å². The number of hydrogen-bond acceptors (Lipinski definition) is 4. The van der Waals surface area contributed by atoms with Gasteiger partial charge in [-0.2, -0.15) is 0 Å². The van der Waals surface area contributed by atoms with Crippen molar-refractivity contribution in [3.8, 4) is 0 Å². The van der Waals surface area contributed by atoms with Crippen LogP contribution in [-0.4, -0.2) is 35.4 Å². The van der Waals surface area contributed by atoms with Crippen molar-refractivity contribution in [3.05, 3.63) is 33.9 Å². The second-order valence-electron chi connectivity index (χ2n) is 5.68. The zero-order valence-corrected chi connectivity index (χ0v) is 12.6. The molecule has 1 aromatic rings. The van der Waals surface area contributed by atoms with Gasteiger partial charge in [-0.15, -0.1) is 0 Å². The number of nitro benzene ring substituents is 1. The molecular weight excluding hydrogens is 270 g/mol. The summed E-state index contributed by atoms with van der Waals surface area (Å²) in [5.74, 6) is 0.774. The van der Waals surface area contributed by atoms with Crippen LogP contribution in [-0.2, 0) is 0 Å². The Bertz CT molecular complexity index is 549. The fourth-order valence-corrected chi connectivity index (χ4v) is 2.63. The predicted octanol–water partition coefficient (Wildman–Crippen LogP) is 2.75. The Morgan fingerprint density at radius 3 is 2.52 bits per heavy atom. The van der Waals surface area contributed by atoms with Crippen LogP contribution in [0.5, 0.6) is 0 Å². The Kier molecular flexibility index (Phi) is 4.45. The number of non-ortho nitro benzene ring substituents is 1. The first-order chi connectivity index (χ1) is 9.93. The third kappa shape index (κ3) is 3.15. The van der Waals surface area contributed by atoms with Crippen LogP contribution in [0.4, 0.5) is 11.4 Å². The molecule has 6 heteroatoms. The van der Waals surface area contributed by atoms with Crippen molar-refractivity contribution < 1.29 is 9.72 Å². The van der Waals surface area contributed by atoms with E-state index >= 15 is 0 Å². The number of amides is 1. The van der Waals surface area contributed by atoms with Gasteiger partial charge in [0.05, 0.1) is 10.5 Å². The quantitative estimate of drug-likeness (QED) is 0.683. The second kappa shape index (κ2) is 6.11. The fraction of sp³-hybridized carbons (Fsp3) is 0.533. The van der Waals surface area contributed by atoms with E-state index in [1.165, 1.54) is 12.1 Å². The summed E-state index contributed by atoms with van der Waals surface area (Å²) in [5, 5.41) is 14.0. The average molecular weight is 291 g/mol. The Morgan fingerprint density at radius 2 is 2.00 bits per heavy atom. The summed E-state index contributed by atoms with van der Waals surface area (Å²) in [4.78, 5) is 24.9. The number of nitro groups is 1. The van der Waals surface area contributed by atoms with Gasteiger partial charge in [0.1, 0.15) is 0 Å². The monoisotopic (exact) mass is 291 g/mol. The minimum Gasteiger partial charge on any atom is -0.385 e. The lowest BCUT2D eigenvalue weighted by Crippen LogP contribution is -2.29. The Morgan fingerprint density at radius 1 is 1.38 bits per heavy atom. The molecule has 0 saturated carbocycles. The highest BCUT2D eigenvalue weighted by Crippen LogP contribution is 2.28. The van der Waals surface area contributed by atoms with Crippen LogP contribution in [0.1, 0.15) is 31.1 Å². The minimum absolute atomic E-state index is 0.0553. The molecule has 0 aliphatic carbocycles. The fourth-order valence-electron chi connectivity index (χ4n) is 2.63. The standard InChI is InChI=1S/C15H21N3O3/c1-4-16-14-6-5-12(18(20)21)7-13(14)15(19)17-8-10(2)11(3)9-17/h5-7,10-11,16H,4,8-9H2,1-3H3. The lowest BCUT2D eigenvalue weighted by Gasteiger charge is -2.18. The first-order valence-corrected chi connectivity index (χ1v) is 7.25. The van der Waals surface area contributed by atoms with E-state index in [2.05, 4.69) is 19.2 Å². The van der Waals surface area contributed by atoms with Crippen LogP contribution in [0, 0.1) is 22.0 Å². The normalized spacial score (nSPS) is 21.4. The molecular formula is C15H21N3O3. The summed E-state index contributed by atoms with van der Waals surface area (Å²) < 4.78 is 0. The molecule has 1 aliphatic rings. The summed E-state index contributed by atoms with van der Waals surface area (Å²) >= 11 is 0. The SMILES string of the molecule is CCNc1ccc([N+](=O)[O-])cc1C(=O)N1CC(C)C(C)C1. The van der Waals surface area contributed by atoms with Crippen molar-refractivity contribution in [2.75, 3.05) is 25.0 Å². The molecule has 6 nitrogen and oxygen atoms in total. The lowest BCUT2D eigenvalue weighted by atomic mass is 10.0. The van der Waals surface area contributed by atoms with Crippen molar-refractivity contribution in [2.45, 2.75) is 20.8 Å². The summed E-state index contributed by atoms with van der Waals surface area (Å²) in [6, 6.07) is 4.40.